The van der Waals surface area contributed by atoms with E-state index < -0.39 is 0 Å². The number of anilines is 2. The maximum Gasteiger partial charge on any atom is 0.234 e. The van der Waals surface area contributed by atoms with Gasteiger partial charge in [-0.15, -0.1) is 10.2 Å². The first-order chi connectivity index (χ1) is 13.5. The number of rotatable bonds is 6. The van der Waals surface area contributed by atoms with E-state index in [0.29, 0.717) is 16.4 Å². The molecule has 0 saturated carbocycles. The van der Waals surface area contributed by atoms with Crippen molar-refractivity contribution < 1.29 is 9.59 Å². The highest BCUT2D eigenvalue weighted by atomic mass is 79.9. The molecule has 3 aromatic rings. The molecular weight excluding hydrogens is 440 g/mol. The molecule has 2 aromatic carbocycles. The topological polar surface area (TPSA) is 84.0 Å². The van der Waals surface area contributed by atoms with Crippen LogP contribution in [0.5, 0.6) is 0 Å². The summed E-state index contributed by atoms with van der Waals surface area (Å²) in [5, 5.41) is 14.6. The lowest BCUT2D eigenvalue weighted by Crippen LogP contribution is -2.14. The molecule has 0 radical (unpaired) electrons. The van der Waals surface area contributed by atoms with E-state index in [1.54, 1.807) is 24.3 Å². The van der Waals surface area contributed by atoms with Gasteiger partial charge in [0.2, 0.25) is 11.8 Å². The van der Waals surface area contributed by atoms with Gasteiger partial charge in [-0.3, -0.25) is 9.59 Å². The number of halogens is 1. The summed E-state index contributed by atoms with van der Waals surface area (Å²) in [5.74, 6) is -0.0590. The first-order valence-corrected chi connectivity index (χ1v) is 10.2. The third-order valence-electron chi connectivity index (χ3n) is 3.62. The minimum absolute atomic E-state index is 0.138. The van der Waals surface area contributed by atoms with Crippen LogP contribution in [-0.4, -0.2) is 27.8 Å². The average Bonchev–Trinajstić information content (AvgIpc) is 2.69. The zero-order valence-corrected chi connectivity index (χ0v) is 17.4. The Labute approximate surface area is 175 Å². The van der Waals surface area contributed by atoms with E-state index in [0.717, 1.165) is 15.7 Å². The number of hydrogen-bond donors (Lipinski definition) is 2. The lowest BCUT2D eigenvalue weighted by atomic mass is 10.1. The second-order valence-corrected chi connectivity index (χ2v) is 7.77. The number of hydrogen-bond acceptors (Lipinski definition) is 5. The summed E-state index contributed by atoms with van der Waals surface area (Å²) in [4.78, 5) is 23.1. The molecule has 0 fully saturated rings. The molecule has 2 amide bonds. The van der Waals surface area contributed by atoms with Gasteiger partial charge in [0.05, 0.1) is 11.4 Å². The minimum Gasteiger partial charge on any atom is -0.326 e. The number of nitrogens with one attached hydrogen (secondary N) is 2. The van der Waals surface area contributed by atoms with E-state index >= 15 is 0 Å². The molecule has 0 aliphatic carbocycles. The van der Waals surface area contributed by atoms with E-state index in [4.69, 9.17) is 0 Å². The van der Waals surface area contributed by atoms with Crippen LogP contribution >= 0.6 is 27.7 Å². The van der Waals surface area contributed by atoms with Crippen LogP contribution in [0.4, 0.5) is 11.4 Å². The predicted molar refractivity (Wildman–Crippen MR) is 115 cm³/mol. The van der Waals surface area contributed by atoms with Gasteiger partial charge < -0.3 is 10.6 Å². The number of aromatic nitrogens is 2. The van der Waals surface area contributed by atoms with Crippen LogP contribution in [0, 0.1) is 0 Å². The molecule has 1 heterocycles. The van der Waals surface area contributed by atoms with Gasteiger partial charge in [0.25, 0.3) is 0 Å². The van der Waals surface area contributed by atoms with Gasteiger partial charge >= 0.3 is 0 Å². The number of nitrogens with zero attached hydrogens (tertiary/aromatic N) is 2. The molecule has 28 heavy (non-hydrogen) atoms. The van der Waals surface area contributed by atoms with Gasteiger partial charge in [-0.1, -0.05) is 39.8 Å². The van der Waals surface area contributed by atoms with Crippen molar-refractivity contribution in [1.82, 2.24) is 10.2 Å². The van der Waals surface area contributed by atoms with Crippen LogP contribution in [0.2, 0.25) is 0 Å². The van der Waals surface area contributed by atoms with Crippen LogP contribution in [0.1, 0.15) is 6.92 Å². The highest BCUT2D eigenvalue weighted by molar-refractivity contribution is 9.10. The van der Waals surface area contributed by atoms with E-state index in [9.17, 15) is 9.59 Å². The van der Waals surface area contributed by atoms with Crippen molar-refractivity contribution in [2.45, 2.75) is 11.9 Å². The Kier molecular flexibility index (Phi) is 6.78. The van der Waals surface area contributed by atoms with Crippen LogP contribution in [0.25, 0.3) is 11.3 Å². The Hall–Kier alpha value is -2.71. The van der Waals surface area contributed by atoms with E-state index in [1.807, 2.05) is 36.4 Å². The van der Waals surface area contributed by atoms with Gasteiger partial charge in [-0.2, -0.15) is 0 Å². The number of carbonyl (C=O) groups is 2. The van der Waals surface area contributed by atoms with Gasteiger partial charge in [0.1, 0.15) is 5.03 Å². The van der Waals surface area contributed by atoms with E-state index in [-0.39, 0.29) is 17.6 Å². The average molecular weight is 457 g/mol. The SMILES string of the molecule is CC(=O)Nc1ccc(NC(=O)CSc2ccc(-c3ccc(Br)cc3)nn2)cc1. The van der Waals surface area contributed by atoms with Crippen LogP contribution in [0.3, 0.4) is 0 Å². The van der Waals surface area contributed by atoms with Crippen molar-refractivity contribution in [2.75, 3.05) is 16.4 Å². The fraction of sp³-hybridized carbons (Fsp3) is 0.100. The fourth-order valence-electron chi connectivity index (χ4n) is 2.35. The smallest absolute Gasteiger partial charge is 0.234 e. The van der Waals surface area contributed by atoms with Crippen LogP contribution in [-0.2, 0) is 9.59 Å². The van der Waals surface area contributed by atoms with Gasteiger partial charge in [-0.25, -0.2) is 0 Å². The minimum atomic E-state index is -0.143. The van der Waals surface area contributed by atoms with Gasteiger partial charge in [-0.05, 0) is 48.5 Å². The summed E-state index contributed by atoms with van der Waals surface area (Å²) in [5.41, 5.74) is 3.10. The quantitative estimate of drug-likeness (QED) is 0.529. The number of thioether (sulfide) groups is 1. The fourth-order valence-corrected chi connectivity index (χ4v) is 3.23. The predicted octanol–water partition coefficient (Wildman–Crippen LogP) is 4.60. The molecule has 0 atom stereocenters. The zero-order chi connectivity index (χ0) is 19.9. The second-order valence-electron chi connectivity index (χ2n) is 5.86. The molecule has 6 nitrogen and oxygen atoms in total. The molecule has 3 rings (SSSR count). The van der Waals surface area contributed by atoms with Crippen molar-refractivity contribution >= 4 is 50.9 Å². The Balaban J connectivity index is 1.51. The monoisotopic (exact) mass is 456 g/mol. The molecule has 0 spiro atoms. The molecule has 142 valence electrons. The summed E-state index contributed by atoms with van der Waals surface area (Å²) in [6, 6.07) is 18.5. The highest BCUT2D eigenvalue weighted by Crippen LogP contribution is 2.22. The third kappa shape index (κ3) is 5.90. The number of benzene rings is 2. The molecule has 0 aliphatic heterocycles. The van der Waals surface area contributed by atoms with Crippen molar-refractivity contribution in [1.29, 1.82) is 0 Å². The Morgan fingerprint density at radius 3 is 2.11 bits per heavy atom. The molecule has 0 aliphatic rings. The summed E-state index contributed by atoms with van der Waals surface area (Å²) in [7, 11) is 0. The molecule has 0 bridgehead atoms. The van der Waals surface area contributed by atoms with Gasteiger partial charge in [0, 0.05) is 28.3 Å². The normalized spacial score (nSPS) is 10.4. The first kappa shape index (κ1) is 20.0. The van der Waals surface area contributed by atoms with Crippen molar-refractivity contribution in [3.8, 4) is 11.3 Å². The molecule has 1 aromatic heterocycles. The molecule has 0 unspecified atom stereocenters. The van der Waals surface area contributed by atoms with Crippen molar-refractivity contribution in [3.63, 3.8) is 0 Å². The maximum atomic E-state index is 12.1. The summed E-state index contributed by atoms with van der Waals surface area (Å²) in [6.45, 7) is 1.45. The first-order valence-electron chi connectivity index (χ1n) is 8.39. The standard InChI is InChI=1S/C20H17BrN4O2S/c1-13(26)22-16-6-8-17(9-7-16)23-19(27)12-28-20-11-10-18(24-25-20)14-2-4-15(21)5-3-14/h2-11H,12H2,1H3,(H,22,26)(H,23,27). The summed E-state index contributed by atoms with van der Waals surface area (Å²) in [6.07, 6.45) is 0. The lowest BCUT2D eigenvalue weighted by molar-refractivity contribution is -0.114. The van der Waals surface area contributed by atoms with Crippen LogP contribution < -0.4 is 10.6 Å². The molecule has 0 saturated heterocycles. The largest absolute Gasteiger partial charge is 0.326 e. The Bertz CT molecular complexity index is 961. The number of amides is 2. The number of carbonyl (C=O) groups excluding carboxylic acids is 2. The summed E-state index contributed by atoms with van der Waals surface area (Å²) < 4.78 is 1.01. The van der Waals surface area contributed by atoms with Crippen molar-refractivity contribution in [3.05, 3.63) is 65.1 Å². The highest BCUT2D eigenvalue weighted by Gasteiger charge is 2.07. The lowest BCUT2D eigenvalue weighted by Gasteiger charge is -2.07. The third-order valence-corrected chi connectivity index (χ3v) is 5.07. The zero-order valence-electron chi connectivity index (χ0n) is 15.0. The second kappa shape index (κ2) is 9.48. The van der Waals surface area contributed by atoms with Crippen LogP contribution in [0.15, 0.2) is 70.2 Å². The summed E-state index contributed by atoms with van der Waals surface area (Å²) >= 11 is 4.72. The molecule has 2 N–H and O–H groups in total. The molecule has 8 heteroatoms. The Morgan fingerprint density at radius 2 is 1.54 bits per heavy atom. The maximum absolute atomic E-state index is 12.1. The Morgan fingerprint density at radius 1 is 0.893 bits per heavy atom. The molecular formula is C20H17BrN4O2S. The van der Waals surface area contributed by atoms with Gasteiger partial charge in [0.15, 0.2) is 0 Å². The van der Waals surface area contributed by atoms with E-state index in [2.05, 4.69) is 36.8 Å². The van der Waals surface area contributed by atoms with Crippen molar-refractivity contribution in [2.24, 2.45) is 0 Å². The van der Waals surface area contributed by atoms with E-state index in [1.165, 1.54) is 18.7 Å².